The molecule has 0 fully saturated rings. The fraction of sp³-hybridized carbons (Fsp3) is 0.296. The van der Waals surface area contributed by atoms with Gasteiger partial charge in [-0.15, -0.1) is 13.2 Å². The Morgan fingerprint density at radius 3 is 2.45 bits per heavy atom. The van der Waals surface area contributed by atoms with Crippen LogP contribution in [0.25, 0.3) is 21.7 Å². The molecule has 0 unspecified atom stereocenters. The van der Waals surface area contributed by atoms with Crippen molar-refractivity contribution >= 4 is 27.6 Å². The van der Waals surface area contributed by atoms with E-state index in [2.05, 4.69) is 20.0 Å². The normalized spacial score (nSPS) is 11.7. The number of ether oxygens (including phenoxy) is 3. The molecule has 212 valence electrons. The number of hydrogen-bond acceptors (Lipinski definition) is 7. The van der Waals surface area contributed by atoms with Crippen molar-refractivity contribution in [1.82, 2.24) is 15.3 Å². The van der Waals surface area contributed by atoms with Crippen LogP contribution in [0.2, 0.25) is 0 Å². The third kappa shape index (κ3) is 7.51. The predicted molar refractivity (Wildman–Crippen MR) is 136 cm³/mol. The number of amides is 1. The van der Waals surface area contributed by atoms with E-state index in [4.69, 9.17) is 15.2 Å². The smallest absolute Gasteiger partial charge is 0.475 e. The van der Waals surface area contributed by atoms with Crippen molar-refractivity contribution in [1.29, 1.82) is 0 Å². The Kier molecular flexibility index (Phi) is 9.27. The van der Waals surface area contributed by atoms with Crippen molar-refractivity contribution in [3.63, 3.8) is 0 Å². The number of primary amides is 1. The topological polar surface area (TPSA) is 109 Å². The van der Waals surface area contributed by atoms with E-state index in [1.807, 2.05) is 0 Å². The van der Waals surface area contributed by atoms with Gasteiger partial charge in [-0.1, -0.05) is 6.07 Å². The van der Waals surface area contributed by atoms with Crippen LogP contribution in [-0.2, 0) is 11.3 Å². The lowest BCUT2D eigenvalue weighted by molar-refractivity contribution is -0.276. The first kappa shape index (κ1) is 28.9. The van der Waals surface area contributed by atoms with E-state index >= 15 is 0 Å². The number of fused-ring (bicyclic) bond motifs is 3. The highest BCUT2D eigenvalue weighted by atomic mass is 19.4. The summed E-state index contributed by atoms with van der Waals surface area (Å²) < 4.78 is 79.1. The molecule has 0 aliphatic carbocycles. The minimum Gasteiger partial charge on any atom is -0.475 e. The number of nitrogens with zero attached hydrogens (tertiary/aromatic N) is 2. The molecule has 13 heteroatoms. The maximum atomic E-state index is 13.8. The molecule has 4 aromatic rings. The second-order valence-corrected chi connectivity index (χ2v) is 8.72. The van der Waals surface area contributed by atoms with E-state index in [1.165, 1.54) is 0 Å². The van der Waals surface area contributed by atoms with Crippen molar-refractivity contribution in [2.24, 2.45) is 5.73 Å². The van der Waals surface area contributed by atoms with Gasteiger partial charge in [-0.3, -0.25) is 9.78 Å². The lowest BCUT2D eigenvalue weighted by Gasteiger charge is -2.12. The molecule has 2 aromatic carbocycles. The quantitative estimate of drug-likeness (QED) is 0.133. The zero-order valence-corrected chi connectivity index (χ0v) is 21.1. The minimum absolute atomic E-state index is 0.0675. The summed E-state index contributed by atoms with van der Waals surface area (Å²) in [6, 6.07) is 8.39. The van der Waals surface area contributed by atoms with Gasteiger partial charge in [-0.2, -0.15) is 0 Å². The monoisotopic (exact) mass is 564 g/mol. The Morgan fingerprint density at radius 1 is 0.950 bits per heavy atom. The summed E-state index contributed by atoms with van der Waals surface area (Å²) in [6.07, 6.45) is -0.479. The fourth-order valence-electron chi connectivity index (χ4n) is 3.99. The van der Waals surface area contributed by atoms with Crippen LogP contribution in [0.5, 0.6) is 11.6 Å². The molecule has 0 aliphatic rings. The standard InChI is InChI=1S/C27H25F5N4O4/c28-21-11-16(12-22(29)24(21)40-27(30,31)32)14-34-6-1-2-8-38-9-10-39-26-19-5-7-35-15-20(19)18-4-3-17(25(33)37)13-23(18)36-26/h3-5,7,11-13,15,34H,1-2,6,8-10,14H2,(H2,33,37). The van der Waals surface area contributed by atoms with Crippen LogP contribution < -0.4 is 20.5 Å². The second kappa shape index (κ2) is 12.8. The lowest BCUT2D eigenvalue weighted by Crippen LogP contribution is -2.20. The molecule has 0 aliphatic heterocycles. The lowest BCUT2D eigenvalue weighted by atomic mass is 10.1. The summed E-state index contributed by atoms with van der Waals surface area (Å²) in [5, 5.41) is 5.37. The molecule has 3 N–H and O–H groups in total. The third-order valence-electron chi connectivity index (χ3n) is 5.81. The molecule has 2 heterocycles. The SMILES string of the molecule is NC(=O)c1ccc2c(c1)nc(OCCOCCCCNCc1cc(F)c(OC(F)(F)F)c(F)c1)c1ccncc12. The van der Waals surface area contributed by atoms with Gasteiger partial charge in [0.1, 0.15) is 6.61 Å². The summed E-state index contributed by atoms with van der Waals surface area (Å²) in [5.74, 6) is -4.51. The number of aromatic nitrogens is 2. The van der Waals surface area contributed by atoms with Crippen LogP contribution in [0.4, 0.5) is 22.0 Å². The number of rotatable bonds is 13. The number of carbonyl (C=O) groups excluding carboxylic acids is 1. The first-order valence-electron chi connectivity index (χ1n) is 12.2. The Labute approximate surface area is 225 Å². The van der Waals surface area contributed by atoms with E-state index in [1.54, 1.807) is 36.7 Å². The van der Waals surface area contributed by atoms with Crippen molar-refractivity contribution in [3.05, 3.63) is 71.6 Å². The van der Waals surface area contributed by atoms with Crippen LogP contribution in [0.15, 0.2) is 48.8 Å². The predicted octanol–water partition coefficient (Wildman–Crippen LogP) is 5.02. The number of benzene rings is 2. The van der Waals surface area contributed by atoms with Gasteiger partial charge < -0.3 is 25.3 Å². The van der Waals surface area contributed by atoms with Crippen molar-refractivity contribution < 1.29 is 41.0 Å². The molecule has 4 rings (SSSR count). The van der Waals surface area contributed by atoms with Gasteiger partial charge in [0.05, 0.1) is 12.1 Å². The maximum absolute atomic E-state index is 13.8. The third-order valence-corrected chi connectivity index (χ3v) is 5.81. The summed E-state index contributed by atoms with van der Waals surface area (Å²) >= 11 is 0. The zero-order chi connectivity index (χ0) is 28.7. The Balaban J connectivity index is 1.18. The van der Waals surface area contributed by atoms with Gasteiger partial charge in [0.25, 0.3) is 0 Å². The van der Waals surface area contributed by atoms with Crippen LogP contribution in [0.3, 0.4) is 0 Å². The molecule has 1 amide bonds. The van der Waals surface area contributed by atoms with Crippen LogP contribution in [0.1, 0.15) is 28.8 Å². The van der Waals surface area contributed by atoms with E-state index in [0.29, 0.717) is 49.6 Å². The van der Waals surface area contributed by atoms with Crippen molar-refractivity contribution in [2.75, 3.05) is 26.4 Å². The van der Waals surface area contributed by atoms with E-state index in [-0.39, 0.29) is 18.7 Å². The summed E-state index contributed by atoms with van der Waals surface area (Å²) in [5.41, 5.74) is 6.42. The van der Waals surface area contributed by atoms with Gasteiger partial charge in [-0.25, -0.2) is 13.8 Å². The molecule has 0 bridgehead atoms. The summed E-state index contributed by atoms with van der Waals surface area (Å²) in [4.78, 5) is 20.3. The van der Waals surface area contributed by atoms with Crippen molar-refractivity contribution in [2.45, 2.75) is 25.7 Å². The number of nitrogens with one attached hydrogen (secondary N) is 1. The van der Waals surface area contributed by atoms with Crippen molar-refractivity contribution in [3.8, 4) is 11.6 Å². The van der Waals surface area contributed by atoms with Gasteiger partial charge in [0.2, 0.25) is 17.5 Å². The summed E-state index contributed by atoms with van der Waals surface area (Å²) in [6.45, 7) is 1.53. The molecule has 8 nitrogen and oxygen atoms in total. The molecular formula is C27H25F5N4O4. The number of unbranched alkanes of at least 4 members (excludes halogenated alkanes) is 1. The summed E-state index contributed by atoms with van der Waals surface area (Å²) in [7, 11) is 0. The molecular weight excluding hydrogens is 539 g/mol. The highest BCUT2D eigenvalue weighted by Crippen LogP contribution is 2.31. The van der Waals surface area contributed by atoms with Crippen LogP contribution in [0, 0.1) is 11.6 Å². The number of halogens is 5. The molecule has 0 radical (unpaired) electrons. The molecule has 2 aromatic heterocycles. The fourth-order valence-corrected chi connectivity index (χ4v) is 3.99. The Morgan fingerprint density at radius 2 is 1.73 bits per heavy atom. The number of nitrogens with two attached hydrogens (primary N) is 1. The van der Waals surface area contributed by atoms with Gasteiger partial charge in [0, 0.05) is 47.3 Å². The van der Waals surface area contributed by atoms with E-state index in [0.717, 1.165) is 28.3 Å². The Hall–Kier alpha value is -4.10. The van der Waals surface area contributed by atoms with E-state index in [9.17, 15) is 26.7 Å². The number of pyridine rings is 2. The van der Waals surface area contributed by atoms with Gasteiger partial charge in [0.15, 0.2) is 11.6 Å². The average molecular weight is 565 g/mol. The van der Waals surface area contributed by atoms with Crippen LogP contribution in [-0.4, -0.2) is 48.6 Å². The molecule has 0 atom stereocenters. The second-order valence-electron chi connectivity index (χ2n) is 8.72. The highest BCUT2D eigenvalue weighted by Gasteiger charge is 2.34. The highest BCUT2D eigenvalue weighted by molar-refractivity contribution is 6.09. The van der Waals surface area contributed by atoms with E-state index < -0.39 is 29.7 Å². The maximum Gasteiger partial charge on any atom is 0.573 e. The zero-order valence-electron chi connectivity index (χ0n) is 21.1. The number of hydrogen-bond donors (Lipinski definition) is 2. The average Bonchev–Trinajstić information content (AvgIpc) is 2.91. The number of carbonyl (C=O) groups is 1. The van der Waals surface area contributed by atoms with Gasteiger partial charge in [-0.05, 0) is 55.3 Å². The first-order chi connectivity index (χ1) is 19.1. The van der Waals surface area contributed by atoms with Gasteiger partial charge >= 0.3 is 6.36 Å². The Bertz CT molecular complexity index is 1480. The molecule has 40 heavy (non-hydrogen) atoms. The molecule has 0 saturated carbocycles. The molecule has 0 spiro atoms. The minimum atomic E-state index is -5.19. The first-order valence-corrected chi connectivity index (χ1v) is 12.2. The number of alkyl halides is 3. The van der Waals surface area contributed by atoms with Crippen LogP contribution >= 0.6 is 0 Å². The largest absolute Gasteiger partial charge is 0.573 e. The molecule has 0 saturated heterocycles.